The van der Waals surface area contributed by atoms with Crippen LogP contribution in [0.25, 0.3) is 0 Å². The van der Waals surface area contributed by atoms with Crippen LogP contribution >= 0.6 is 0 Å². The van der Waals surface area contributed by atoms with Gasteiger partial charge in [-0.25, -0.2) is 4.39 Å². The monoisotopic (exact) mass is 255 g/mol. The molecule has 0 aliphatic carbocycles. The molecular weight excluding hydrogens is 237 g/mol. The van der Waals surface area contributed by atoms with Crippen LogP contribution in [0.15, 0.2) is 42.5 Å². The number of para-hydroxylation sites is 1. The first-order valence-electron chi connectivity index (χ1n) is 6.82. The Labute approximate surface area is 113 Å². The third-order valence-corrected chi connectivity index (χ3v) is 3.91. The van der Waals surface area contributed by atoms with Crippen molar-refractivity contribution in [2.45, 2.75) is 25.7 Å². The van der Waals surface area contributed by atoms with Crippen LogP contribution in [0.1, 0.15) is 29.0 Å². The van der Waals surface area contributed by atoms with Crippen LogP contribution in [0.5, 0.6) is 0 Å². The molecule has 0 bridgehead atoms. The van der Waals surface area contributed by atoms with E-state index in [1.165, 1.54) is 16.8 Å². The second-order valence-corrected chi connectivity index (χ2v) is 5.29. The van der Waals surface area contributed by atoms with E-state index in [9.17, 15) is 4.39 Å². The zero-order valence-electron chi connectivity index (χ0n) is 11.1. The number of fused-ring (bicyclic) bond motifs is 1. The molecule has 1 heterocycles. The van der Waals surface area contributed by atoms with Crippen molar-refractivity contribution in [3.05, 3.63) is 65.0 Å². The lowest BCUT2D eigenvalue weighted by molar-refractivity contribution is 0.608. The molecule has 1 aliphatic rings. The number of aryl methyl sites for hydroxylation is 1. The highest BCUT2D eigenvalue weighted by Crippen LogP contribution is 2.33. The van der Waals surface area contributed by atoms with Crippen molar-refractivity contribution in [2.24, 2.45) is 0 Å². The van der Waals surface area contributed by atoms with E-state index >= 15 is 0 Å². The third-order valence-electron chi connectivity index (χ3n) is 3.91. The first kappa shape index (κ1) is 12.2. The Morgan fingerprint density at radius 2 is 2.05 bits per heavy atom. The van der Waals surface area contributed by atoms with E-state index < -0.39 is 0 Å². The maximum atomic E-state index is 13.3. The van der Waals surface area contributed by atoms with Crippen molar-refractivity contribution < 1.29 is 4.39 Å². The fourth-order valence-electron chi connectivity index (χ4n) is 2.88. The molecule has 1 unspecified atom stereocenters. The number of rotatable bonds is 2. The molecule has 1 N–H and O–H groups in total. The summed E-state index contributed by atoms with van der Waals surface area (Å²) in [7, 11) is 0. The van der Waals surface area contributed by atoms with Gasteiger partial charge >= 0.3 is 0 Å². The quantitative estimate of drug-likeness (QED) is 0.844. The minimum Gasteiger partial charge on any atom is -0.385 e. The van der Waals surface area contributed by atoms with Crippen LogP contribution in [0.3, 0.4) is 0 Å². The summed E-state index contributed by atoms with van der Waals surface area (Å²) in [6.45, 7) is 2.84. The van der Waals surface area contributed by atoms with Gasteiger partial charge in [-0.3, -0.25) is 0 Å². The lowest BCUT2D eigenvalue weighted by Gasteiger charge is -2.26. The fraction of sp³-hybridized carbons (Fsp3) is 0.294. The predicted octanol–water partition coefficient (Wildman–Crippen LogP) is 4.28. The summed E-state index contributed by atoms with van der Waals surface area (Å²) >= 11 is 0. The van der Waals surface area contributed by atoms with Crippen molar-refractivity contribution in [1.29, 1.82) is 0 Å². The zero-order chi connectivity index (χ0) is 13.2. The molecule has 1 aliphatic heterocycles. The molecule has 2 aromatic rings. The van der Waals surface area contributed by atoms with E-state index in [0.29, 0.717) is 5.92 Å². The molecular formula is C17H18FN. The summed E-state index contributed by atoms with van der Waals surface area (Å²) in [5.41, 5.74) is 4.59. The van der Waals surface area contributed by atoms with Gasteiger partial charge in [-0.15, -0.1) is 0 Å². The number of hydrogen-bond acceptors (Lipinski definition) is 1. The molecule has 0 amide bonds. The minimum absolute atomic E-state index is 0.116. The van der Waals surface area contributed by atoms with Gasteiger partial charge in [0.05, 0.1) is 0 Å². The second-order valence-electron chi connectivity index (χ2n) is 5.29. The highest BCUT2D eigenvalue weighted by atomic mass is 19.1. The molecule has 3 rings (SSSR count). The van der Waals surface area contributed by atoms with Crippen molar-refractivity contribution in [1.82, 2.24) is 0 Å². The zero-order valence-corrected chi connectivity index (χ0v) is 11.1. The van der Waals surface area contributed by atoms with Crippen LogP contribution in [-0.4, -0.2) is 6.54 Å². The number of anilines is 1. The smallest absolute Gasteiger partial charge is 0.126 e. The van der Waals surface area contributed by atoms with Crippen molar-refractivity contribution in [3.63, 3.8) is 0 Å². The molecule has 0 aromatic heterocycles. The Morgan fingerprint density at radius 1 is 1.21 bits per heavy atom. The molecule has 19 heavy (non-hydrogen) atoms. The molecule has 98 valence electrons. The molecule has 2 aromatic carbocycles. The second kappa shape index (κ2) is 5.04. The van der Waals surface area contributed by atoms with Crippen molar-refractivity contribution in [2.75, 3.05) is 11.9 Å². The van der Waals surface area contributed by atoms with Crippen LogP contribution in [0.4, 0.5) is 10.1 Å². The lowest BCUT2D eigenvalue weighted by atomic mass is 9.86. The van der Waals surface area contributed by atoms with E-state index in [-0.39, 0.29) is 5.82 Å². The van der Waals surface area contributed by atoms with Gasteiger partial charge < -0.3 is 5.32 Å². The SMILES string of the molecule is Cc1cc(CC2CCNc3ccccc32)ccc1F. The van der Waals surface area contributed by atoms with Crippen LogP contribution in [0.2, 0.25) is 0 Å². The van der Waals surface area contributed by atoms with E-state index in [1.54, 1.807) is 6.07 Å². The Kier molecular flexibility index (Phi) is 3.24. The van der Waals surface area contributed by atoms with Gasteiger partial charge in [0.1, 0.15) is 5.82 Å². The fourth-order valence-corrected chi connectivity index (χ4v) is 2.88. The molecule has 0 fully saturated rings. The van der Waals surface area contributed by atoms with Crippen LogP contribution < -0.4 is 5.32 Å². The Bertz CT molecular complexity index is 592. The average molecular weight is 255 g/mol. The van der Waals surface area contributed by atoms with E-state index in [2.05, 4.69) is 29.6 Å². The van der Waals surface area contributed by atoms with Crippen molar-refractivity contribution >= 4 is 5.69 Å². The normalized spacial score (nSPS) is 17.7. The van der Waals surface area contributed by atoms with Gasteiger partial charge in [0.2, 0.25) is 0 Å². The minimum atomic E-state index is -0.116. The number of halogens is 1. The first-order chi connectivity index (χ1) is 9.24. The molecule has 0 saturated heterocycles. The molecule has 0 spiro atoms. The summed E-state index contributed by atoms with van der Waals surface area (Å²) in [5, 5.41) is 3.44. The number of nitrogens with one attached hydrogen (secondary N) is 1. The maximum absolute atomic E-state index is 13.3. The standard InChI is InChI=1S/C17H18FN/c1-12-10-13(6-7-16(12)18)11-14-8-9-19-17-5-3-2-4-15(14)17/h2-7,10,14,19H,8-9,11H2,1H3. The first-order valence-corrected chi connectivity index (χ1v) is 6.82. The average Bonchev–Trinajstić information content (AvgIpc) is 2.43. The summed E-state index contributed by atoms with van der Waals surface area (Å²) in [4.78, 5) is 0. The Hall–Kier alpha value is -1.83. The van der Waals surface area contributed by atoms with Gasteiger partial charge in [-0.05, 0) is 54.5 Å². The van der Waals surface area contributed by atoms with Gasteiger partial charge in [0.25, 0.3) is 0 Å². The molecule has 1 atom stereocenters. The van der Waals surface area contributed by atoms with E-state index in [4.69, 9.17) is 0 Å². The highest BCUT2D eigenvalue weighted by molar-refractivity contribution is 5.55. The predicted molar refractivity (Wildman–Crippen MR) is 77.1 cm³/mol. The largest absolute Gasteiger partial charge is 0.385 e. The van der Waals surface area contributed by atoms with Crippen LogP contribution in [0, 0.1) is 12.7 Å². The maximum Gasteiger partial charge on any atom is 0.126 e. The Morgan fingerprint density at radius 3 is 2.89 bits per heavy atom. The van der Waals surface area contributed by atoms with Crippen molar-refractivity contribution in [3.8, 4) is 0 Å². The number of hydrogen-bond donors (Lipinski definition) is 1. The Balaban J connectivity index is 1.86. The third kappa shape index (κ3) is 2.48. The summed E-state index contributed by atoms with van der Waals surface area (Å²) in [5.74, 6) is 0.414. The van der Waals surface area contributed by atoms with Gasteiger partial charge in [0, 0.05) is 12.2 Å². The van der Waals surface area contributed by atoms with Gasteiger partial charge in [-0.2, -0.15) is 0 Å². The molecule has 0 saturated carbocycles. The highest BCUT2D eigenvalue weighted by Gasteiger charge is 2.19. The van der Waals surface area contributed by atoms with Gasteiger partial charge in [0.15, 0.2) is 0 Å². The summed E-state index contributed by atoms with van der Waals surface area (Å²) in [6.07, 6.45) is 2.12. The molecule has 1 nitrogen and oxygen atoms in total. The topological polar surface area (TPSA) is 12.0 Å². The van der Waals surface area contributed by atoms with Crippen LogP contribution in [-0.2, 0) is 6.42 Å². The summed E-state index contributed by atoms with van der Waals surface area (Å²) in [6, 6.07) is 14.0. The number of benzene rings is 2. The summed E-state index contributed by atoms with van der Waals surface area (Å²) < 4.78 is 13.3. The van der Waals surface area contributed by atoms with Gasteiger partial charge in [-0.1, -0.05) is 30.3 Å². The molecule has 2 heteroatoms. The molecule has 0 radical (unpaired) electrons. The lowest BCUT2D eigenvalue weighted by Crippen LogP contribution is -2.18. The van der Waals surface area contributed by atoms with E-state index in [1.807, 2.05) is 19.1 Å². The van der Waals surface area contributed by atoms with E-state index in [0.717, 1.165) is 24.9 Å².